The monoisotopic (exact) mass is 500 g/mol. The third-order valence-corrected chi connectivity index (χ3v) is 5.73. The van der Waals surface area contributed by atoms with Crippen molar-refractivity contribution in [3.8, 4) is 0 Å². The Morgan fingerprint density at radius 1 is 1.38 bits per heavy atom. The van der Waals surface area contributed by atoms with Crippen LogP contribution in [0.15, 0.2) is 22.5 Å². The zero-order valence-electron chi connectivity index (χ0n) is 15.8. The molecule has 150 valence electrons. The second-order valence-corrected chi connectivity index (χ2v) is 8.11. The fourth-order valence-corrected chi connectivity index (χ4v) is 3.83. The molecule has 2 rings (SSSR count). The van der Waals surface area contributed by atoms with Gasteiger partial charge in [0.2, 0.25) is 0 Å². The number of halogens is 3. The Bertz CT molecular complexity index is 529. The maximum absolute atomic E-state index is 12.5. The molecule has 0 radical (unpaired) electrons. The minimum atomic E-state index is -2.25. The van der Waals surface area contributed by atoms with Gasteiger partial charge in [0, 0.05) is 36.0 Å². The summed E-state index contributed by atoms with van der Waals surface area (Å²) in [7, 11) is 0. The van der Waals surface area contributed by atoms with E-state index in [4.69, 9.17) is 4.99 Å². The van der Waals surface area contributed by atoms with Gasteiger partial charge >= 0.3 is 0 Å². The zero-order valence-corrected chi connectivity index (χ0v) is 19.0. The van der Waals surface area contributed by atoms with E-state index in [0.29, 0.717) is 19.6 Å². The first-order valence-electron chi connectivity index (χ1n) is 9.00. The molecule has 1 aliphatic heterocycles. The van der Waals surface area contributed by atoms with Crippen LogP contribution in [0.4, 0.5) is 8.78 Å². The van der Waals surface area contributed by atoms with E-state index in [2.05, 4.69) is 42.0 Å². The first-order valence-corrected chi connectivity index (χ1v) is 9.88. The summed E-state index contributed by atoms with van der Waals surface area (Å²) in [6.45, 7) is 9.26. The highest BCUT2D eigenvalue weighted by atomic mass is 127. The molecule has 1 fully saturated rings. The van der Waals surface area contributed by atoms with Crippen molar-refractivity contribution in [3.63, 3.8) is 0 Å². The number of nitrogens with one attached hydrogen (secondary N) is 2. The molecule has 0 unspecified atom stereocenters. The highest BCUT2D eigenvalue weighted by Crippen LogP contribution is 2.27. The normalized spacial score (nSPS) is 17.2. The smallest absolute Gasteiger partial charge is 0.251 e. The van der Waals surface area contributed by atoms with Crippen LogP contribution in [0, 0.1) is 0 Å². The molecule has 2 heterocycles. The van der Waals surface area contributed by atoms with Crippen molar-refractivity contribution in [2.45, 2.75) is 51.5 Å². The maximum Gasteiger partial charge on any atom is 0.251 e. The predicted octanol–water partition coefficient (Wildman–Crippen LogP) is 3.93. The summed E-state index contributed by atoms with van der Waals surface area (Å²) in [6.07, 6.45) is -0.514. The van der Waals surface area contributed by atoms with Gasteiger partial charge in [-0.3, -0.25) is 9.89 Å². The van der Waals surface area contributed by atoms with Crippen molar-refractivity contribution >= 4 is 41.3 Å². The zero-order chi connectivity index (χ0) is 18.3. The number of likely N-dealkylation sites (tertiary alicyclic amines) is 1. The van der Waals surface area contributed by atoms with Crippen LogP contribution in [0.1, 0.15) is 38.5 Å². The van der Waals surface area contributed by atoms with Crippen LogP contribution in [-0.2, 0) is 5.41 Å². The van der Waals surface area contributed by atoms with E-state index in [1.165, 1.54) is 4.88 Å². The molecule has 8 heteroatoms. The lowest BCUT2D eigenvalue weighted by Gasteiger charge is -2.33. The molecule has 26 heavy (non-hydrogen) atoms. The summed E-state index contributed by atoms with van der Waals surface area (Å²) < 4.78 is 24.9. The lowest BCUT2D eigenvalue weighted by Crippen LogP contribution is -2.49. The van der Waals surface area contributed by atoms with Gasteiger partial charge < -0.3 is 10.6 Å². The number of nitrogens with zero attached hydrogens (tertiary/aromatic N) is 2. The fourth-order valence-electron chi connectivity index (χ4n) is 2.99. The van der Waals surface area contributed by atoms with E-state index >= 15 is 0 Å². The largest absolute Gasteiger partial charge is 0.357 e. The van der Waals surface area contributed by atoms with Gasteiger partial charge in [0.25, 0.3) is 6.43 Å². The molecular weight excluding hydrogens is 469 g/mol. The average molecular weight is 500 g/mol. The fraction of sp³-hybridized carbons (Fsp3) is 0.722. The molecule has 1 aliphatic rings. The Labute approximate surface area is 176 Å². The third-order valence-electron chi connectivity index (χ3n) is 4.49. The van der Waals surface area contributed by atoms with Crippen LogP contribution in [0.2, 0.25) is 0 Å². The van der Waals surface area contributed by atoms with Crippen LogP contribution in [0.25, 0.3) is 0 Å². The van der Waals surface area contributed by atoms with Gasteiger partial charge in [-0.15, -0.1) is 35.3 Å². The van der Waals surface area contributed by atoms with Crippen molar-refractivity contribution in [1.82, 2.24) is 15.5 Å². The molecule has 0 atom stereocenters. The molecular formula is C18H31F2IN4S. The molecule has 0 aliphatic carbocycles. The lowest BCUT2D eigenvalue weighted by molar-refractivity contribution is 0.0744. The van der Waals surface area contributed by atoms with Gasteiger partial charge in [-0.25, -0.2) is 8.78 Å². The number of thiophene rings is 1. The van der Waals surface area contributed by atoms with Crippen molar-refractivity contribution in [3.05, 3.63) is 22.4 Å². The van der Waals surface area contributed by atoms with E-state index in [0.717, 1.165) is 25.3 Å². The minimum absolute atomic E-state index is 0. The lowest BCUT2D eigenvalue weighted by atomic mass is 9.92. The summed E-state index contributed by atoms with van der Waals surface area (Å²) >= 11 is 1.76. The number of hydrogen-bond acceptors (Lipinski definition) is 3. The van der Waals surface area contributed by atoms with E-state index in [1.54, 1.807) is 11.3 Å². The Hall–Kier alpha value is -0.480. The van der Waals surface area contributed by atoms with Gasteiger partial charge in [0.15, 0.2) is 5.96 Å². The number of aliphatic imine (C=N–C) groups is 1. The van der Waals surface area contributed by atoms with Gasteiger partial charge in [0.1, 0.15) is 0 Å². The predicted molar refractivity (Wildman–Crippen MR) is 117 cm³/mol. The standard InChI is InChI=1S/C18H30F2N4S.HI/c1-4-21-17(22-13-18(2,3)15-6-5-11-25-15)23-14-7-9-24(10-8-14)12-16(19)20;/h5-6,11,14,16H,4,7-10,12-13H2,1-3H3,(H2,21,22,23);1H. The Kier molecular flexibility index (Phi) is 10.3. The minimum Gasteiger partial charge on any atom is -0.357 e. The first kappa shape index (κ1) is 23.6. The van der Waals surface area contributed by atoms with Crippen molar-refractivity contribution in [2.75, 3.05) is 32.7 Å². The van der Waals surface area contributed by atoms with Crippen LogP contribution in [-0.4, -0.2) is 56.1 Å². The Morgan fingerprint density at radius 3 is 2.62 bits per heavy atom. The molecule has 0 spiro atoms. The van der Waals surface area contributed by atoms with Crippen molar-refractivity contribution in [1.29, 1.82) is 0 Å². The summed E-state index contributed by atoms with van der Waals surface area (Å²) in [5.74, 6) is 0.819. The SMILES string of the molecule is CCNC(=NCC(C)(C)c1cccs1)NC1CCN(CC(F)F)CC1.I. The van der Waals surface area contributed by atoms with Crippen molar-refractivity contribution < 1.29 is 8.78 Å². The van der Waals surface area contributed by atoms with E-state index in [1.807, 2.05) is 11.8 Å². The average Bonchev–Trinajstić information content (AvgIpc) is 3.10. The second-order valence-electron chi connectivity index (χ2n) is 7.17. The molecule has 0 saturated carbocycles. The molecule has 0 bridgehead atoms. The number of alkyl halides is 2. The molecule has 0 aromatic carbocycles. The molecule has 0 amide bonds. The summed E-state index contributed by atoms with van der Waals surface area (Å²) in [6, 6.07) is 4.51. The maximum atomic E-state index is 12.5. The highest BCUT2D eigenvalue weighted by Gasteiger charge is 2.24. The summed E-state index contributed by atoms with van der Waals surface area (Å²) in [5.41, 5.74) is -0.00283. The van der Waals surface area contributed by atoms with E-state index in [9.17, 15) is 8.78 Å². The van der Waals surface area contributed by atoms with E-state index < -0.39 is 6.43 Å². The highest BCUT2D eigenvalue weighted by molar-refractivity contribution is 14.0. The van der Waals surface area contributed by atoms with Crippen LogP contribution < -0.4 is 10.6 Å². The molecule has 1 aromatic rings. The summed E-state index contributed by atoms with van der Waals surface area (Å²) in [4.78, 5) is 7.94. The van der Waals surface area contributed by atoms with Gasteiger partial charge in [-0.2, -0.15) is 0 Å². The Morgan fingerprint density at radius 2 is 2.08 bits per heavy atom. The van der Waals surface area contributed by atoms with Gasteiger partial charge in [-0.1, -0.05) is 19.9 Å². The van der Waals surface area contributed by atoms with Crippen LogP contribution >= 0.6 is 35.3 Å². The van der Waals surface area contributed by atoms with Crippen LogP contribution in [0.3, 0.4) is 0 Å². The third kappa shape index (κ3) is 7.64. The quantitative estimate of drug-likeness (QED) is 0.339. The number of guanidine groups is 1. The van der Waals surface area contributed by atoms with Gasteiger partial charge in [-0.05, 0) is 31.2 Å². The second kappa shape index (κ2) is 11.4. The molecule has 2 N–H and O–H groups in total. The number of rotatable bonds is 7. The van der Waals surface area contributed by atoms with Gasteiger partial charge in [0.05, 0.1) is 13.1 Å². The molecule has 1 aromatic heterocycles. The van der Waals surface area contributed by atoms with Crippen LogP contribution in [0.5, 0.6) is 0 Å². The number of piperidine rings is 1. The summed E-state index contributed by atoms with van der Waals surface area (Å²) in [5, 5.41) is 8.87. The molecule has 4 nitrogen and oxygen atoms in total. The number of hydrogen-bond donors (Lipinski definition) is 2. The Balaban J connectivity index is 0.00000338. The van der Waals surface area contributed by atoms with E-state index in [-0.39, 0.29) is 42.0 Å². The topological polar surface area (TPSA) is 39.7 Å². The van der Waals surface area contributed by atoms with Crippen molar-refractivity contribution in [2.24, 2.45) is 4.99 Å². The first-order chi connectivity index (χ1) is 11.9. The molecule has 1 saturated heterocycles.